The molecule has 4 amide bonds. The third-order valence-electron chi connectivity index (χ3n) is 11.8. The molecule has 5 aromatic rings. The Balaban J connectivity index is 1.04. The first-order valence-corrected chi connectivity index (χ1v) is 21.7. The summed E-state index contributed by atoms with van der Waals surface area (Å²) in [6.45, 7) is 9.30. The van der Waals surface area contributed by atoms with Gasteiger partial charge in [-0.25, -0.2) is 19.7 Å². The number of hydrogen-bond donors (Lipinski definition) is 5. The number of aromatic nitrogens is 6. The van der Waals surface area contributed by atoms with E-state index >= 15 is 0 Å². The second kappa shape index (κ2) is 20.7. The Morgan fingerprint density at radius 3 is 1.79 bits per heavy atom. The molecule has 0 aliphatic carbocycles. The number of rotatable bonds is 17. The van der Waals surface area contributed by atoms with E-state index in [1.807, 2.05) is 32.0 Å². The van der Waals surface area contributed by atoms with Gasteiger partial charge in [-0.2, -0.15) is 0 Å². The molecule has 0 spiro atoms. The lowest BCUT2D eigenvalue weighted by molar-refractivity contribution is -0.139. The number of imidazole rings is 3. The van der Waals surface area contributed by atoms with Crippen molar-refractivity contribution in [1.29, 1.82) is 0 Å². The van der Waals surface area contributed by atoms with E-state index in [1.54, 1.807) is 28.5 Å². The number of benzene rings is 2. The molecule has 7 rings (SSSR count). The van der Waals surface area contributed by atoms with Gasteiger partial charge in [-0.3, -0.25) is 14.4 Å². The van der Waals surface area contributed by atoms with Gasteiger partial charge in [-0.05, 0) is 67.6 Å². The highest BCUT2D eigenvalue weighted by Gasteiger charge is 2.36. The predicted molar refractivity (Wildman–Crippen MR) is 232 cm³/mol. The maximum absolute atomic E-state index is 14.0. The number of amides is 4. The third-order valence-corrected chi connectivity index (χ3v) is 11.8. The molecule has 0 saturated carbocycles. The molecule has 0 radical (unpaired) electrons. The zero-order valence-corrected chi connectivity index (χ0v) is 36.0. The molecule has 330 valence electrons. The van der Waals surface area contributed by atoms with Gasteiger partial charge in [0.25, 0.3) is 0 Å². The maximum Gasteiger partial charge on any atom is 0.407 e. The fourth-order valence-electron chi connectivity index (χ4n) is 8.58. The number of aromatic amines is 3. The summed E-state index contributed by atoms with van der Waals surface area (Å²) < 4.78 is 15.9. The average Bonchev–Trinajstić information content (AvgIpc) is 4.09. The first kappa shape index (κ1) is 44.0. The third kappa shape index (κ3) is 10.3. The van der Waals surface area contributed by atoms with E-state index in [2.05, 4.69) is 53.8 Å². The summed E-state index contributed by atoms with van der Waals surface area (Å²) >= 11 is 0. The number of nitrogens with zero attached hydrogens (tertiary/aromatic N) is 5. The lowest BCUT2D eigenvalue weighted by Gasteiger charge is -2.33. The van der Waals surface area contributed by atoms with Crippen molar-refractivity contribution in [2.24, 2.45) is 11.8 Å². The lowest BCUT2D eigenvalue weighted by Crippen LogP contribution is -2.53. The number of ether oxygens (including phenoxy) is 3. The van der Waals surface area contributed by atoms with Gasteiger partial charge in [0.1, 0.15) is 23.7 Å². The molecule has 5 N–H and O–H groups in total. The van der Waals surface area contributed by atoms with E-state index in [4.69, 9.17) is 19.2 Å². The summed E-state index contributed by atoms with van der Waals surface area (Å²) in [6.07, 6.45) is 8.86. The number of H-pyrrole nitrogens is 3. The largest absolute Gasteiger partial charge is 0.453 e. The van der Waals surface area contributed by atoms with E-state index < -0.39 is 18.2 Å². The number of alkyl carbamates (subject to hydrolysis) is 1. The first-order valence-electron chi connectivity index (χ1n) is 21.7. The Labute approximate surface area is 361 Å². The van der Waals surface area contributed by atoms with Gasteiger partial charge < -0.3 is 49.6 Å². The molecule has 17 nitrogen and oxygen atoms in total. The van der Waals surface area contributed by atoms with Crippen LogP contribution in [-0.2, 0) is 41.7 Å². The van der Waals surface area contributed by atoms with Crippen LogP contribution in [0.4, 0.5) is 4.79 Å². The van der Waals surface area contributed by atoms with Gasteiger partial charge >= 0.3 is 6.09 Å². The number of carbonyl (C=O) groups excluding carboxylic acids is 4. The summed E-state index contributed by atoms with van der Waals surface area (Å²) in [6, 6.07) is 10.9. The molecule has 2 unspecified atom stereocenters. The molecule has 62 heavy (non-hydrogen) atoms. The van der Waals surface area contributed by atoms with Crippen LogP contribution in [0.25, 0.3) is 44.7 Å². The molecule has 3 aromatic heterocycles. The highest BCUT2D eigenvalue weighted by molar-refractivity contribution is 6.00. The van der Waals surface area contributed by atoms with Crippen LogP contribution in [0.5, 0.6) is 0 Å². The van der Waals surface area contributed by atoms with Crippen molar-refractivity contribution in [2.75, 3.05) is 46.6 Å². The molecule has 2 aromatic carbocycles. The van der Waals surface area contributed by atoms with Crippen LogP contribution in [0.1, 0.15) is 70.9 Å². The van der Waals surface area contributed by atoms with E-state index in [0.29, 0.717) is 70.6 Å². The summed E-state index contributed by atoms with van der Waals surface area (Å²) in [5.74, 6) is 0.739. The van der Waals surface area contributed by atoms with E-state index in [-0.39, 0.29) is 36.1 Å². The molecule has 2 atom stereocenters. The summed E-state index contributed by atoms with van der Waals surface area (Å²) in [5.41, 5.74) is 6.99. The highest BCUT2D eigenvalue weighted by Crippen LogP contribution is 2.34. The van der Waals surface area contributed by atoms with E-state index in [1.165, 1.54) is 14.0 Å². The minimum Gasteiger partial charge on any atom is -0.453 e. The fraction of sp³-hybridized carbons (Fsp3) is 0.489. The van der Waals surface area contributed by atoms with Crippen LogP contribution in [0.2, 0.25) is 0 Å². The Morgan fingerprint density at radius 1 is 0.726 bits per heavy atom. The standard InChI is InChI=1S/C45H58N10O7/c1-5-17-54(43(57)39(50-28(3)56)31-13-19-61-20-14-31)25-37-46-23-35(51-37)30-9-7-29(8-10-30)33-11-12-34(42-41(33)48-27-49-42)36-24-47-38(52-36)26-55(18-6-2)44(58)40(53-45(59)60-4)32-15-21-62-22-16-32/h7-12,23-24,27,31-32,39-40H,5-6,13-22,25-26H2,1-4H3,(H,46,51)(H,47,52)(H,48,49)(H,50,56)(H,53,59). The number of carbonyl (C=O) groups is 4. The summed E-state index contributed by atoms with van der Waals surface area (Å²) in [7, 11) is 1.29. The quantitative estimate of drug-likeness (QED) is 0.0785. The number of hydrogen-bond acceptors (Lipinski definition) is 10. The number of methoxy groups -OCH3 is 1. The van der Waals surface area contributed by atoms with Crippen molar-refractivity contribution in [2.45, 2.75) is 84.5 Å². The molecule has 17 heteroatoms. The molecule has 2 fully saturated rings. The van der Waals surface area contributed by atoms with Crippen molar-refractivity contribution >= 4 is 34.8 Å². The van der Waals surface area contributed by atoms with Gasteiger partial charge in [-0.1, -0.05) is 44.2 Å². The number of nitrogens with one attached hydrogen (secondary N) is 5. The molecule has 0 bridgehead atoms. The van der Waals surface area contributed by atoms with Crippen molar-refractivity contribution in [3.63, 3.8) is 0 Å². The Kier molecular flexibility index (Phi) is 14.7. The van der Waals surface area contributed by atoms with Crippen LogP contribution in [0, 0.1) is 11.8 Å². The number of fused-ring (bicyclic) bond motifs is 1. The predicted octanol–water partition coefficient (Wildman–Crippen LogP) is 5.57. The van der Waals surface area contributed by atoms with Gasteiger partial charge in [-0.15, -0.1) is 0 Å². The van der Waals surface area contributed by atoms with Crippen LogP contribution in [0.15, 0.2) is 55.1 Å². The smallest absolute Gasteiger partial charge is 0.407 e. The first-order chi connectivity index (χ1) is 30.2. The van der Waals surface area contributed by atoms with Crippen LogP contribution in [-0.4, -0.2) is 122 Å². The molecule has 2 aliphatic heterocycles. The summed E-state index contributed by atoms with van der Waals surface area (Å²) in [4.78, 5) is 79.9. The second-order valence-electron chi connectivity index (χ2n) is 16.1. The molecular formula is C45H58N10O7. The van der Waals surface area contributed by atoms with Crippen LogP contribution in [0.3, 0.4) is 0 Å². The molecule has 5 heterocycles. The minimum atomic E-state index is -0.730. The van der Waals surface area contributed by atoms with Crippen molar-refractivity contribution in [3.05, 3.63) is 66.8 Å². The summed E-state index contributed by atoms with van der Waals surface area (Å²) in [5, 5.41) is 5.71. The highest BCUT2D eigenvalue weighted by atomic mass is 16.5. The second-order valence-corrected chi connectivity index (χ2v) is 16.1. The van der Waals surface area contributed by atoms with E-state index in [0.717, 1.165) is 70.4 Å². The van der Waals surface area contributed by atoms with Crippen molar-refractivity contribution < 1.29 is 33.4 Å². The van der Waals surface area contributed by atoms with Gasteiger partial charge in [0.15, 0.2) is 0 Å². The lowest BCUT2D eigenvalue weighted by atomic mass is 9.90. The van der Waals surface area contributed by atoms with Gasteiger partial charge in [0.2, 0.25) is 17.7 Å². The topological polar surface area (TPSA) is 213 Å². The monoisotopic (exact) mass is 850 g/mol. The molecule has 2 saturated heterocycles. The van der Waals surface area contributed by atoms with Crippen LogP contribution < -0.4 is 10.6 Å². The van der Waals surface area contributed by atoms with E-state index in [9.17, 15) is 19.2 Å². The minimum absolute atomic E-state index is 0.0221. The van der Waals surface area contributed by atoms with Crippen molar-refractivity contribution in [1.82, 2.24) is 50.3 Å². The van der Waals surface area contributed by atoms with Crippen molar-refractivity contribution in [3.8, 4) is 33.6 Å². The Morgan fingerprint density at radius 2 is 1.24 bits per heavy atom. The zero-order valence-electron chi connectivity index (χ0n) is 36.0. The fourth-order valence-corrected chi connectivity index (χ4v) is 8.58. The SMILES string of the molecule is CCCN(Cc1ncc(-c2ccc(-c3ccc(-c4cnc(CN(CCC)C(=O)C(NC(=O)OC)C5CCOCC5)[nH]4)c4nc[nH]c34)cc2)[nH]1)C(=O)C(NC(C)=O)C1CCOCC1. The van der Waals surface area contributed by atoms with Gasteiger partial charge in [0.05, 0.1) is 61.3 Å². The molecular weight excluding hydrogens is 793 g/mol. The van der Waals surface area contributed by atoms with Crippen LogP contribution >= 0.6 is 0 Å². The Bertz CT molecular complexity index is 2290. The average molecular weight is 851 g/mol. The van der Waals surface area contributed by atoms with Gasteiger partial charge in [0, 0.05) is 57.6 Å². The normalized spacial score (nSPS) is 15.8. The maximum atomic E-state index is 14.0. The Hall–Kier alpha value is -6.07. The zero-order chi connectivity index (χ0) is 43.6. The molecule has 2 aliphatic rings.